The van der Waals surface area contributed by atoms with Gasteiger partial charge in [-0.15, -0.1) is 0 Å². The van der Waals surface area contributed by atoms with E-state index in [4.69, 9.17) is 9.47 Å². The first kappa shape index (κ1) is 12.5. The third-order valence-electron chi connectivity index (χ3n) is 2.98. The minimum atomic E-state index is -0.874. The van der Waals surface area contributed by atoms with Gasteiger partial charge >= 0.3 is 5.97 Å². The molecule has 0 radical (unpaired) electrons. The minimum absolute atomic E-state index is 0.108. The Morgan fingerprint density at radius 3 is 2.53 bits per heavy atom. The Labute approximate surface area is 90.6 Å². The highest BCUT2D eigenvalue weighted by molar-refractivity contribution is 5.70. The van der Waals surface area contributed by atoms with Crippen molar-refractivity contribution in [1.82, 2.24) is 0 Å². The van der Waals surface area contributed by atoms with Crippen molar-refractivity contribution in [3.63, 3.8) is 0 Å². The molecular weight excluding hydrogens is 196 g/mol. The molecule has 0 aliphatic heterocycles. The molecule has 0 aromatic carbocycles. The van der Waals surface area contributed by atoms with Crippen LogP contribution in [0.1, 0.15) is 39.0 Å². The van der Waals surface area contributed by atoms with Crippen LogP contribution in [0.25, 0.3) is 0 Å². The minimum Gasteiger partial charge on any atom is -0.466 e. The SMILES string of the molecule is CCOC(=O)CC1(O)CCC(OC)CC1. The van der Waals surface area contributed by atoms with Gasteiger partial charge in [0.2, 0.25) is 0 Å². The van der Waals surface area contributed by atoms with Crippen molar-refractivity contribution in [1.29, 1.82) is 0 Å². The number of carbonyl (C=O) groups excluding carboxylic acids is 1. The summed E-state index contributed by atoms with van der Waals surface area (Å²) in [5.41, 5.74) is -0.874. The first-order chi connectivity index (χ1) is 7.09. The van der Waals surface area contributed by atoms with Crippen molar-refractivity contribution < 1.29 is 19.4 Å². The maximum absolute atomic E-state index is 11.3. The standard InChI is InChI=1S/C11H20O4/c1-3-15-10(12)8-11(13)6-4-9(14-2)5-7-11/h9,13H,3-8H2,1-2H3. The van der Waals surface area contributed by atoms with E-state index in [0.717, 1.165) is 12.8 Å². The lowest BCUT2D eigenvalue weighted by Gasteiger charge is -2.34. The van der Waals surface area contributed by atoms with E-state index in [1.165, 1.54) is 0 Å². The fraction of sp³-hybridized carbons (Fsp3) is 0.909. The number of esters is 1. The third-order valence-corrected chi connectivity index (χ3v) is 2.98. The van der Waals surface area contributed by atoms with Crippen LogP contribution >= 0.6 is 0 Å². The molecule has 4 nitrogen and oxygen atoms in total. The molecule has 1 N–H and O–H groups in total. The zero-order valence-corrected chi connectivity index (χ0v) is 9.49. The Hall–Kier alpha value is -0.610. The molecule has 0 bridgehead atoms. The summed E-state index contributed by atoms with van der Waals surface area (Å²) < 4.78 is 10.0. The molecule has 1 aliphatic rings. The maximum atomic E-state index is 11.3. The van der Waals surface area contributed by atoms with Gasteiger partial charge in [-0.05, 0) is 32.6 Å². The van der Waals surface area contributed by atoms with E-state index in [1.54, 1.807) is 14.0 Å². The second-order valence-corrected chi connectivity index (χ2v) is 4.14. The molecule has 1 saturated carbocycles. The summed E-state index contributed by atoms with van der Waals surface area (Å²) >= 11 is 0. The average molecular weight is 216 g/mol. The average Bonchev–Trinajstić information content (AvgIpc) is 2.18. The Balaban J connectivity index is 2.37. The first-order valence-electron chi connectivity index (χ1n) is 5.50. The van der Waals surface area contributed by atoms with Crippen molar-refractivity contribution in [3.05, 3.63) is 0 Å². The van der Waals surface area contributed by atoms with Crippen LogP contribution in [0.4, 0.5) is 0 Å². The highest BCUT2D eigenvalue weighted by atomic mass is 16.5. The summed E-state index contributed by atoms with van der Waals surface area (Å²) in [7, 11) is 1.68. The Kier molecular flexibility index (Phi) is 4.54. The zero-order valence-electron chi connectivity index (χ0n) is 9.49. The molecule has 15 heavy (non-hydrogen) atoms. The van der Waals surface area contributed by atoms with Crippen molar-refractivity contribution >= 4 is 5.97 Å². The molecule has 1 fully saturated rings. The lowest BCUT2D eigenvalue weighted by Crippen LogP contribution is -2.38. The Morgan fingerprint density at radius 2 is 2.07 bits per heavy atom. The van der Waals surface area contributed by atoms with Crippen LogP contribution in [0, 0.1) is 0 Å². The first-order valence-corrected chi connectivity index (χ1v) is 5.50. The fourth-order valence-corrected chi connectivity index (χ4v) is 2.02. The summed E-state index contributed by atoms with van der Waals surface area (Å²) in [5, 5.41) is 10.1. The highest BCUT2D eigenvalue weighted by Gasteiger charge is 2.35. The van der Waals surface area contributed by atoms with E-state index in [-0.39, 0.29) is 18.5 Å². The molecule has 4 heteroatoms. The third kappa shape index (κ3) is 3.80. The molecule has 0 unspecified atom stereocenters. The summed E-state index contributed by atoms with van der Waals surface area (Å²) in [6, 6.07) is 0. The molecule has 0 saturated heterocycles. The van der Waals surface area contributed by atoms with E-state index >= 15 is 0 Å². The van der Waals surface area contributed by atoms with Gasteiger partial charge < -0.3 is 14.6 Å². The molecule has 1 rings (SSSR count). The van der Waals surface area contributed by atoms with Crippen LogP contribution in [-0.4, -0.2) is 36.5 Å². The highest BCUT2D eigenvalue weighted by Crippen LogP contribution is 2.32. The van der Waals surface area contributed by atoms with Gasteiger partial charge in [0.25, 0.3) is 0 Å². The summed E-state index contributed by atoms with van der Waals surface area (Å²) in [5.74, 6) is -0.309. The van der Waals surface area contributed by atoms with Gasteiger partial charge in [0.1, 0.15) is 0 Å². The second kappa shape index (κ2) is 5.47. The van der Waals surface area contributed by atoms with Crippen molar-refractivity contribution in [2.45, 2.75) is 50.7 Å². The van der Waals surface area contributed by atoms with Gasteiger partial charge in [-0.1, -0.05) is 0 Å². The lowest BCUT2D eigenvalue weighted by atomic mass is 9.81. The van der Waals surface area contributed by atoms with Gasteiger partial charge in [-0.2, -0.15) is 0 Å². The molecule has 0 spiro atoms. The molecular formula is C11H20O4. The smallest absolute Gasteiger partial charge is 0.308 e. The van der Waals surface area contributed by atoms with Crippen LogP contribution < -0.4 is 0 Å². The van der Waals surface area contributed by atoms with Crippen molar-refractivity contribution in [2.24, 2.45) is 0 Å². The van der Waals surface area contributed by atoms with Gasteiger partial charge in [0, 0.05) is 7.11 Å². The molecule has 0 heterocycles. The topological polar surface area (TPSA) is 55.8 Å². The lowest BCUT2D eigenvalue weighted by molar-refractivity contribution is -0.151. The second-order valence-electron chi connectivity index (χ2n) is 4.14. The van der Waals surface area contributed by atoms with Crippen LogP contribution in [0.15, 0.2) is 0 Å². The summed E-state index contributed by atoms with van der Waals surface area (Å²) in [6.07, 6.45) is 3.19. The fourth-order valence-electron chi connectivity index (χ4n) is 2.02. The van der Waals surface area contributed by atoms with E-state index < -0.39 is 5.60 Å². The maximum Gasteiger partial charge on any atom is 0.308 e. The predicted molar refractivity (Wildman–Crippen MR) is 55.5 cm³/mol. The van der Waals surface area contributed by atoms with Crippen LogP contribution in [0.3, 0.4) is 0 Å². The number of ether oxygens (including phenoxy) is 2. The van der Waals surface area contributed by atoms with Crippen molar-refractivity contribution in [3.8, 4) is 0 Å². The Morgan fingerprint density at radius 1 is 1.47 bits per heavy atom. The van der Waals surface area contributed by atoms with Crippen LogP contribution in [0.5, 0.6) is 0 Å². The van der Waals surface area contributed by atoms with Crippen LogP contribution in [0.2, 0.25) is 0 Å². The predicted octanol–water partition coefficient (Wildman–Crippen LogP) is 1.26. The normalized spacial score (nSPS) is 31.3. The zero-order chi connectivity index (χ0) is 11.3. The van der Waals surface area contributed by atoms with Gasteiger partial charge in [0.15, 0.2) is 0 Å². The number of hydrogen-bond acceptors (Lipinski definition) is 4. The summed E-state index contributed by atoms with van der Waals surface area (Å²) in [4.78, 5) is 11.3. The number of hydrogen-bond donors (Lipinski definition) is 1. The molecule has 0 aromatic heterocycles. The van der Waals surface area contributed by atoms with E-state index in [0.29, 0.717) is 19.4 Å². The van der Waals surface area contributed by atoms with E-state index in [2.05, 4.69) is 0 Å². The number of aliphatic hydroxyl groups is 1. The van der Waals surface area contributed by atoms with Gasteiger partial charge in [-0.3, -0.25) is 4.79 Å². The summed E-state index contributed by atoms with van der Waals surface area (Å²) in [6.45, 7) is 2.14. The van der Waals surface area contributed by atoms with E-state index in [9.17, 15) is 9.90 Å². The van der Waals surface area contributed by atoms with Crippen LogP contribution in [-0.2, 0) is 14.3 Å². The number of carbonyl (C=O) groups is 1. The number of rotatable bonds is 4. The number of methoxy groups -OCH3 is 1. The monoisotopic (exact) mass is 216 g/mol. The molecule has 0 amide bonds. The molecule has 0 atom stereocenters. The molecule has 88 valence electrons. The molecule has 0 aromatic rings. The largest absolute Gasteiger partial charge is 0.466 e. The quantitative estimate of drug-likeness (QED) is 0.719. The van der Waals surface area contributed by atoms with E-state index in [1.807, 2.05) is 0 Å². The van der Waals surface area contributed by atoms with Gasteiger partial charge in [0.05, 0.1) is 24.7 Å². The van der Waals surface area contributed by atoms with Crippen molar-refractivity contribution in [2.75, 3.05) is 13.7 Å². The Bertz CT molecular complexity index is 207. The van der Waals surface area contributed by atoms with Gasteiger partial charge in [-0.25, -0.2) is 0 Å². The molecule has 1 aliphatic carbocycles.